The molecule has 0 bridgehead atoms. The molecule has 1 heterocycles. The average Bonchev–Trinajstić information content (AvgIpc) is 3.06. The number of aromatic nitrogens is 4. The van der Waals surface area contributed by atoms with Crippen molar-refractivity contribution < 1.29 is 22.7 Å². The van der Waals surface area contributed by atoms with Gasteiger partial charge in [0, 0.05) is 5.69 Å². The normalized spacial score (nSPS) is 11.3. The minimum atomic E-state index is -4.48. The summed E-state index contributed by atoms with van der Waals surface area (Å²) in [7, 11) is 0. The van der Waals surface area contributed by atoms with E-state index in [9.17, 15) is 18.0 Å². The summed E-state index contributed by atoms with van der Waals surface area (Å²) in [6.07, 6.45) is -4.48. The lowest BCUT2D eigenvalue weighted by atomic mass is 10.2. The first-order valence-electron chi connectivity index (χ1n) is 7.78. The van der Waals surface area contributed by atoms with Crippen molar-refractivity contribution in [3.8, 4) is 11.4 Å². The Hall–Kier alpha value is -3.43. The number of aryl methyl sites for hydroxylation is 1. The van der Waals surface area contributed by atoms with Crippen LogP contribution in [0.1, 0.15) is 11.4 Å². The molecule has 0 saturated carbocycles. The summed E-state index contributed by atoms with van der Waals surface area (Å²) in [5.41, 5.74) is 0.277. The van der Waals surface area contributed by atoms with Crippen molar-refractivity contribution in [2.24, 2.45) is 0 Å². The molecule has 0 radical (unpaired) electrons. The van der Waals surface area contributed by atoms with Gasteiger partial charge in [0.2, 0.25) is 0 Å². The van der Waals surface area contributed by atoms with E-state index in [1.807, 2.05) is 0 Å². The minimum absolute atomic E-state index is 0.0435. The number of anilines is 1. The molecule has 3 rings (SSSR count). The highest BCUT2D eigenvalue weighted by Gasteiger charge is 2.30. The Labute approximate surface area is 151 Å². The number of benzene rings is 2. The van der Waals surface area contributed by atoms with Crippen LogP contribution in [0.4, 0.5) is 18.9 Å². The lowest BCUT2D eigenvalue weighted by Crippen LogP contribution is -2.20. The summed E-state index contributed by atoms with van der Waals surface area (Å²) >= 11 is 0. The number of halogens is 3. The van der Waals surface area contributed by atoms with Crippen LogP contribution in [-0.2, 0) is 11.0 Å². The molecular formula is C17H14F3N5O2. The predicted octanol–water partition coefficient (Wildman–Crippen LogP) is 3.01. The molecule has 0 aliphatic rings. The van der Waals surface area contributed by atoms with Gasteiger partial charge >= 0.3 is 6.18 Å². The summed E-state index contributed by atoms with van der Waals surface area (Å²) < 4.78 is 44.7. The molecule has 0 spiro atoms. The van der Waals surface area contributed by atoms with Crippen molar-refractivity contribution in [3.63, 3.8) is 0 Å². The topological polar surface area (TPSA) is 81.9 Å². The lowest BCUT2D eigenvalue weighted by Gasteiger charge is -2.11. The molecule has 10 heteroatoms. The number of ether oxygens (including phenoxy) is 1. The maximum Gasteiger partial charge on any atom is 0.416 e. The number of carbonyl (C=O) groups is 1. The number of nitrogens with one attached hydrogen (secondary N) is 1. The van der Waals surface area contributed by atoms with E-state index < -0.39 is 24.3 Å². The summed E-state index contributed by atoms with van der Waals surface area (Å²) in [4.78, 5) is 12.0. The third-order valence-electron chi connectivity index (χ3n) is 3.53. The Morgan fingerprint density at radius 1 is 1.19 bits per heavy atom. The van der Waals surface area contributed by atoms with Crippen LogP contribution >= 0.6 is 0 Å². The van der Waals surface area contributed by atoms with Crippen molar-refractivity contribution in [2.75, 3.05) is 11.9 Å². The quantitative estimate of drug-likeness (QED) is 0.739. The molecule has 0 aliphatic heterocycles. The van der Waals surface area contributed by atoms with E-state index in [2.05, 4.69) is 20.8 Å². The van der Waals surface area contributed by atoms with Gasteiger partial charge in [-0.2, -0.15) is 17.9 Å². The van der Waals surface area contributed by atoms with Gasteiger partial charge in [-0.1, -0.05) is 12.1 Å². The zero-order valence-corrected chi connectivity index (χ0v) is 14.1. The molecule has 3 aromatic rings. The maximum atomic E-state index is 12.7. The first-order chi connectivity index (χ1) is 12.8. The van der Waals surface area contributed by atoms with E-state index >= 15 is 0 Å². The number of hydrogen-bond acceptors (Lipinski definition) is 5. The van der Waals surface area contributed by atoms with Gasteiger partial charge in [0.25, 0.3) is 5.91 Å². The molecule has 2 aromatic carbocycles. The predicted molar refractivity (Wildman–Crippen MR) is 89.5 cm³/mol. The minimum Gasteiger partial charge on any atom is -0.484 e. The van der Waals surface area contributed by atoms with Crippen molar-refractivity contribution in [1.82, 2.24) is 20.2 Å². The summed E-state index contributed by atoms with van der Waals surface area (Å²) in [5, 5.41) is 13.8. The molecule has 1 aromatic heterocycles. The number of amides is 1. The van der Waals surface area contributed by atoms with Crippen molar-refractivity contribution in [2.45, 2.75) is 13.1 Å². The number of rotatable bonds is 5. The monoisotopic (exact) mass is 377 g/mol. The molecule has 7 nitrogen and oxygen atoms in total. The molecule has 27 heavy (non-hydrogen) atoms. The van der Waals surface area contributed by atoms with Crippen LogP contribution in [-0.4, -0.2) is 32.7 Å². The molecule has 0 saturated heterocycles. The van der Waals surface area contributed by atoms with Gasteiger partial charge in [-0.25, -0.2) is 0 Å². The molecule has 0 aliphatic carbocycles. The van der Waals surface area contributed by atoms with E-state index in [-0.39, 0.29) is 5.75 Å². The largest absolute Gasteiger partial charge is 0.484 e. The van der Waals surface area contributed by atoms with E-state index in [0.717, 1.165) is 12.1 Å². The number of tetrazole rings is 1. The van der Waals surface area contributed by atoms with Gasteiger partial charge in [-0.05, 0) is 53.7 Å². The summed E-state index contributed by atoms with van der Waals surface area (Å²) in [5.74, 6) is 0.0161. The van der Waals surface area contributed by atoms with Crippen LogP contribution in [0, 0.1) is 6.92 Å². The Balaban J connectivity index is 1.63. The molecule has 0 atom stereocenters. The van der Waals surface area contributed by atoms with Crippen LogP contribution in [0.3, 0.4) is 0 Å². The van der Waals surface area contributed by atoms with Gasteiger partial charge in [0.1, 0.15) is 5.75 Å². The second-order valence-electron chi connectivity index (χ2n) is 5.55. The highest BCUT2D eigenvalue weighted by molar-refractivity contribution is 5.92. The Morgan fingerprint density at radius 3 is 2.67 bits per heavy atom. The van der Waals surface area contributed by atoms with Gasteiger partial charge in [-0.15, -0.1) is 5.10 Å². The Bertz CT molecular complexity index is 955. The van der Waals surface area contributed by atoms with E-state index in [1.54, 1.807) is 31.2 Å². The Kier molecular flexibility index (Phi) is 5.06. The van der Waals surface area contributed by atoms with Gasteiger partial charge in [-0.3, -0.25) is 4.79 Å². The molecule has 1 amide bonds. The first kappa shape index (κ1) is 18.4. The molecule has 0 fully saturated rings. The highest BCUT2D eigenvalue weighted by atomic mass is 19.4. The zero-order chi connectivity index (χ0) is 19.4. The molecule has 1 N–H and O–H groups in total. The summed E-state index contributed by atoms with van der Waals surface area (Å²) in [6, 6.07) is 11.1. The SMILES string of the molecule is Cc1nnnn1-c1cccc(NC(=O)COc2cccc(C(F)(F)F)c2)c1. The van der Waals surface area contributed by atoms with Crippen molar-refractivity contribution in [1.29, 1.82) is 0 Å². The number of carbonyl (C=O) groups excluding carboxylic acids is 1. The van der Waals surface area contributed by atoms with E-state index in [0.29, 0.717) is 17.2 Å². The maximum absolute atomic E-state index is 12.7. The van der Waals surface area contributed by atoms with Crippen LogP contribution in [0.15, 0.2) is 48.5 Å². The molecule has 0 unspecified atom stereocenters. The lowest BCUT2D eigenvalue weighted by molar-refractivity contribution is -0.137. The van der Waals surface area contributed by atoms with Crippen molar-refractivity contribution >= 4 is 11.6 Å². The van der Waals surface area contributed by atoms with E-state index in [1.165, 1.54) is 16.8 Å². The van der Waals surface area contributed by atoms with Crippen LogP contribution < -0.4 is 10.1 Å². The fraction of sp³-hybridized carbons (Fsp3) is 0.176. The molecular weight excluding hydrogens is 363 g/mol. The van der Waals surface area contributed by atoms with Gasteiger partial charge < -0.3 is 10.1 Å². The zero-order valence-electron chi connectivity index (χ0n) is 14.1. The van der Waals surface area contributed by atoms with Crippen molar-refractivity contribution in [3.05, 3.63) is 59.9 Å². The third-order valence-corrected chi connectivity index (χ3v) is 3.53. The number of nitrogens with zero attached hydrogens (tertiary/aromatic N) is 4. The number of alkyl halides is 3. The highest BCUT2D eigenvalue weighted by Crippen LogP contribution is 2.31. The van der Waals surface area contributed by atoms with E-state index in [4.69, 9.17) is 4.74 Å². The van der Waals surface area contributed by atoms with Gasteiger partial charge in [0.05, 0.1) is 11.3 Å². The van der Waals surface area contributed by atoms with Crippen LogP contribution in [0.2, 0.25) is 0 Å². The fourth-order valence-corrected chi connectivity index (χ4v) is 2.29. The Morgan fingerprint density at radius 2 is 1.96 bits per heavy atom. The standard InChI is InChI=1S/C17H14F3N5O2/c1-11-22-23-24-25(11)14-6-3-5-13(9-14)21-16(26)10-27-15-7-2-4-12(8-15)17(18,19)20/h2-9H,10H2,1H3,(H,21,26). The number of hydrogen-bond donors (Lipinski definition) is 1. The first-order valence-corrected chi connectivity index (χ1v) is 7.78. The second kappa shape index (κ2) is 7.44. The fourth-order valence-electron chi connectivity index (χ4n) is 2.29. The van der Waals surface area contributed by atoms with Crippen LogP contribution in [0.5, 0.6) is 5.75 Å². The average molecular weight is 377 g/mol. The summed E-state index contributed by atoms with van der Waals surface area (Å²) in [6.45, 7) is 1.30. The van der Waals surface area contributed by atoms with Crippen LogP contribution in [0.25, 0.3) is 5.69 Å². The third kappa shape index (κ3) is 4.60. The van der Waals surface area contributed by atoms with Gasteiger partial charge in [0.15, 0.2) is 12.4 Å². The molecule has 140 valence electrons. The second-order valence-corrected chi connectivity index (χ2v) is 5.55. The smallest absolute Gasteiger partial charge is 0.416 e.